The maximum atomic E-state index is 6.12. The van der Waals surface area contributed by atoms with E-state index in [1.165, 1.54) is 0 Å². The molecule has 0 radical (unpaired) electrons. The number of hydrogen-bond acceptors (Lipinski definition) is 1. The van der Waals surface area contributed by atoms with Crippen molar-refractivity contribution in [1.29, 1.82) is 0 Å². The van der Waals surface area contributed by atoms with Crippen LogP contribution in [0.15, 0.2) is 24.3 Å². The average molecular weight is 298 g/mol. The van der Waals surface area contributed by atoms with E-state index >= 15 is 0 Å². The zero-order chi connectivity index (χ0) is 11.8. The highest BCUT2D eigenvalue weighted by Gasteiger charge is 2.26. The van der Waals surface area contributed by atoms with Crippen LogP contribution >= 0.6 is 46.4 Å². The number of nitrogens with one attached hydrogen (secondary N) is 1. The van der Waals surface area contributed by atoms with Gasteiger partial charge >= 0.3 is 0 Å². The number of rotatable bonds is 2. The number of para-hydroxylation sites is 2. The van der Waals surface area contributed by atoms with Gasteiger partial charge in [0.2, 0.25) is 0 Å². The standard InChI is InChI=1S/C10H8Cl4N2/c11-6(5-10(12,13)14)9-15-7-3-1-2-4-8(7)16-9/h1-4,6H,5H2,(H,15,16)/t6-/m1/s1. The van der Waals surface area contributed by atoms with Crippen LogP contribution in [0.5, 0.6) is 0 Å². The summed E-state index contributed by atoms with van der Waals surface area (Å²) in [6.07, 6.45) is 0.207. The Morgan fingerprint density at radius 2 is 1.94 bits per heavy atom. The molecule has 0 aliphatic rings. The Hall–Kier alpha value is -0.150. The molecule has 0 saturated carbocycles. The van der Waals surface area contributed by atoms with Crippen LogP contribution < -0.4 is 0 Å². The summed E-state index contributed by atoms with van der Waals surface area (Å²) >= 11 is 23.2. The van der Waals surface area contributed by atoms with Gasteiger partial charge in [-0.05, 0) is 12.1 Å². The molecule has 16 heavy (non-hydrogen) atoms. The number of imidazole rings is 1. The average Bonchev–Trinajstić information content (AvgIpc) is 2.58. The molecule has 1 aromatic carbocycles. The molecular weight excluding hydrogens is 290 g/mol. The Morgan fingerprint density at radius 3 is 2.56 bits per heavy atom. The second-order valence-electron chi connectivity index (χ2n) is 3.43. The summed E-state index contributed by atoms with van der Waals surface area (Å²) in [5.74, 6) is 0.620. The lowest BCUT2D eigenvalue weighted by Crippen LogP contribution is -2.07. The second kappa shape index (κ2) is 4.61. The maximum Gasteiger partial charge on any atom is 0.192 e. The summed E-state index contributed by atoms with van der Waals surface area (Å²) in [6, 6.07) is 7.65. The molecule has 0 bridgehead atoms. The Kier molecular flexibility index (Phi) is 3.55. The van der Waals surface area contributed by atoms with Crippen LogP contribution in [0.1, 0.15) is 17.6 Å². The lowest BCUT2D eigenvalue weighted by molar-refractivity contribution is 0.779. The van der Waals surface area contributed by atoms with Crippen molar-refractivity contribution in [2.24, 2.45) is 0 Å². The van der Waals surface area contributed by atoms with E-state index in [9.17, 15) is 0 Å². The number of alkyl halides is 4. The molecule has 2 aromatic rings. The van der Waals surface area contributed by atoms with E-state index in [1.54, 1.807) is 0 Å². The molecule has 0 aliphatic heterocycles. The molecule has 0 fully saturated rings. The van der Waals surface area contributed by atoms with Crippen LogP contribution in [0, 0.1) is 0 Å². The smallest absolute Gasteiger partial charge is 0.192 e. The summed E-state index contributed by atoms with van der Waals surface area (Å²) in [6.45, 7) is 0. The van der Waals surface area contributed by atoms with E-state index in [1.807, 2.05) is 24.3 Å². The zero-order valence-corrected chi connectivity index (χ0v) is 11.1. The van der Waals surface area contributed by atoms with Crippen molar-refractivity contribution in [2.45, 2.75) is 15.6 Å². The van der Waals surface area contributed by atoms with E-state index in [0.717, 1.165) is 11.0 Å². The van der Waals surface area contributed by atoms with Gasteiger partial charge < -0.3 is 4.98 Å². The number of nitrogens with zero attached hydrogens (tertiary/aromatic N) is 1. The maximum absolute atomic E-state index is 6.12. The molecule has 0 spiro atoms. The molecule has 1 heterocycles. The number of halogens is 4. The molecule has 6 heteroatoms. The molecule has 0 aliphatic carbocycles. The fourth-order valence-electron chi connectivity index (χ4n) is 1.42. The summed E-state index contributed by atoms with van der Waals surface area (Å²) in [5.41, 5.74) is 1.78. The topological polar surface area (TPSA) is 28.7 Å². The predicted molar refractivity (Wildman–Crippen MR) is 69.6 cm³/mol. The van der Waals surface area contributed by atoms with Crippen LogP contribution in [0.2, 0.25) is 0 Å². The number of aromatic amines is 1. The minimum absolute atomic E-state index is 0.207. The number of fused-ring (bicyclic) bond motifs is 1. The number of hydrogen-bond donors (Lipinski definition) is 1. The van der Waals surface area contributed by atoms with Crippen molar-refractivity contribution in [3.63, 3.8) is 0 Å². The highest BCUT2D eigenvalue weighted by molar-refractivity contribution is 6.67. The minimum Gasteiger partial charge on any atom is -0.341 e. The fraction of sp³-hybridized carbons (Fsp3) is 0.300. The predicted octanol–water partition coefficient (Wildman–Crippen LogP) is 4.60. The Balaban J connectivity index is 2.26. The molecule has 1 N–H and O–H groups in total. The van der Waals surface area contributed by atoms with E-state index in [0.29, 0.717) is 5.82 Å². The Bertz CT molecular complexity index is 456. The summed E-state index contributed by atoms with van der Waals surface area (Å²) in [5, 5.41) is -0.445. The summed E-state index contributed by atoms with van der Waals surface area (Å²) < 4.78 is -1.37. The summed E-state index contributed by atoms with van der Waals surface area (Å²) in [7, 11) is 0. The Morgan fingerprint density at radius 1 is 1.25 bits per heavy atom. The second-order valence-corrected chi connectivity index (χ2v) is 6.47. The highest BCUT2D eigenvalue weighted by Crippen LogP contribution is 2.38. The van der Waals surface area contributed by atoms with Gasteiger partial charge in [0.15, 0.2) is 3.79 Å². The zero-order valence-electron chi connectivity index (χ0n) is 8.05. The molecule has 0 amide bonds. The first-order chi connectivity index (χ1) is 7.46. The quantitative estimate of drug-likeness (QED) is 0.806. The van der Waals surface area contributed by atoms with Gasteiger partial charge in [0, 0.05) is 6.42 Å². The third-order valence-corrected chi connectivity index (χ3v) is 2.94. The van der Waals surface area contributed by atoms with Crippen molar-refractivity contribution in [1.82, 2.24) is 9.97 Å². The number of H-pyrrole nitrogens is 1. The molecule has 1 atom stereocenters. The van der Waals surface area contributed by atoms with Crippen molar-refractivity contribution >= 4 is 57.4 Å². The normalized spacial score (nSPS) is 14.2. The lowest BCUT2D eigenvalue weighted by atomic mass is 10.3. The first-order valence-corrected chi connectivity index (χ1v) is 6.18. The fourth-order valence-corrected chi connectivity index (χ4v) is 2.46. The van der Waals surface area contributed by atoms with Gasteiger partial charge in [-0.25, -0.2) is 4.98 Å². The van der Waals surface area contributed by atoms with Crippen LogP contribution in [-0.4, -0.2) is 13.8 Å². The molecule has 1 aromatic heterocycles. The molecule has 0 saturated heterocycles. The molecule has 2 rings (SSSR count). The Labute approximate surface area is 113 Å². The van der Waals surface area contributed by atoms with E-state index in [4.69, 9.17) is 46.4 Å². The third-order valence-electron chi connectivity index (χ3n) is 2.12. The van der Waals surface area contributed by atoms with Crippen LogP contribution in [0.3, 0.4) is 0 Å². The van der Waals surface area contributed by atoms with Gasteiger partial charge in [-0.2, -0.15) is 0 Å². The van der Waals surface area contributed by atoms with E-state index < -0.39 is 9.17 Å². The van der Waals surface area contributed by atoms with Crippen LogP contribution in [0.25, 0.3) is 11.0 Å². The van der Waals surface area contributed by atoms with E-state index in [-0.39, 0.29) is 6.42 Å². The van der Waals surface area contributed by atoms with Crippen molar-refractivity contribution in [2.75, 3.05) is 0 Å². The van der Waals surface area contributed by atoms with E-state index in [2.05, 4.69) is 9.97 Å². The largest absolute Gasteiger partial charge is 0.341 e. The van der Waals surface area contributed by atoms with Gasteiger partial charge in [-0.15, -0.1) is 11.6 Å². The third kappa shape index (κ3) is 2.95. The van der Waals surface area contributed by atoms with Gasteiger partial charge in [0.25, 0.3) is 0 Å². The van der Waals surface area contributed by atoms with Gasteiger partial charge in [0.05, 0.1) is 16.4 Å². The molecule has 2 nitrogen and oxygen atoms in total. The first kappa shape index (κ1) is 12.3. The van der Waals surface area contributed by atoms with Crippen molar-refractivity contribution < 1.29 is 0 Å². The number of aromatic nitrogens is 2. The minimum atomic E-state index is -1.37. The SMILES string of the molecule is Cl[C@H](CC(Cl)(Cl)Cl)c1nc2ccccc2[nH]1. The van der Waals surface area contributed by atoms with Crippen LogP contribution in [0.4, 0.5) is 0 Å². The van der Waals surface area contributed by atoms with Gasteiger partial charge in [-0.1, -0.05) is 46.9 Å². The van der Waals surface area contributed by atoms with Gasteiger partial charge in [0.1, 0.15) is 5.82 Å². The van der Waals surface area contributed by atoms with Gasteiger partial charge in [-0.3, -0.25) is 0 Å². The lowest BCUT2D eigenvalue weighted by Gasteiger charge is -2.13. The first-order valence-electron chi connectivity index (χ1n) is 4.61. The monoisotopic (exact) mass is 296 g/mol. The molecular formula is C10H8Cl4N2. The molecule has 0 unspecified atom stereocenters. The van der Waals surface area contributed by atoms with Crippen molar-refractivity contribution in [3.05, 3.63) is 30.1 Å². The summed E-state index contributed by atoms with van der Waals surface area (Å²) in [4.78, 5) is 7.43. The van der Waals surface area contributed by atoms with Crippen LogP contribution in [-0.2, 0) is 0 Å². The number of benzene rings is 1. The van der Waals surface area contributed by atoms with Crippen molar-refractivity contribution in [3.8, 4) is 0 Å². The molecule has 86 valence electrons. The highest BCUT2D eigenvalue weighted by atomic mass is 35.6.